The molecule has 1 aromatic heterocycles. The van der Waals surface area contributed by atoms with E-state index in [2.05, 4.69) is 16.4 Å². The molecule has 1 heterocycles. The number of nitrogens with one attached hydrogen (secondary N) is 1. The number of rotatable bonds is 6. The van der Waals surface area contributed by atoms with E-state index in [0.29, 0.717) is 18.4 Å². The first kappa shape index (κ1) is 17.1. The monoisotopic (exact) mass is 327 g/mol. The molecule has 0 saturated heterocycles. The molecule has 128 valence electrons. The zero-order chi connectivity index (χ0) is 16.8. The molecule has 2 aromatic rings. The summed E-state index contributed by atoms with van der Waals surface area (Å²) in [6.45, 7) is 1.44. The Labute approximate surface area is 143 Å². The van der Waals surface area contributed by atoms with Crippen LogP contribution in [-0.2, 0) is 6.54 Å². The molecule has 4 heteroatoms. The first-order chi connectivity index (χ1) is 11.8. The molecule has 3 N–H and O–H groups in total. The number of aromatic nitrogens is 1. The Balaban J connectivity index is 1.71. The summed E-state index contributed by atoms with van der Waals surface area (Å²) < 4.78 is 13.4. The number of nitrogens with zero attached hydrogens (tertiary/aromatic N) is 1. The third-order valence-corrected chi connectivity index (χ3v) is 5.12. The molecule has 24 heavy (non-hydrogen) atoms. The summed E-state index contributed by atoms with van der Waals surface area (Å²) >= 11 is 0. The van der Waals surface area contributed by atoms with Crippen LogP contribution in [0.5, 0.6) is 0 Å². The lowest BCUT2D eigenvalue weighted by Crippen LogP contribution is -2.32. The third kappa shape index (κ3) is 4.40. The van der Waals surface area contributed by atoms with Crippen molar-refractivity contribution in [2.24, 2.45) is 17.6 Å². The second-order valence-electron chi connectivity index (χ2n) is 6.76. The predicted octanol–water partition coefficient (Wildman–Crippen LogP) is 3.82. The number of nitrogens with two attached hydrogens (primary N) is 1. The molecule has 0 bridgehead atoms. The van der Waals surface area contributed by atoms with Crippen LogP contribution in [0.15, 0.2) is 48.7 Å². The van der Waals surface area contributed by atoms with Gasteiger partial charge in [0.2, 0.25) is 0 Å². The molecular formula is C20H26FN3. The maximum Gasteiger partial charge on any atom is 0.123 e. The van der Waals surface area contributed by atoms with Crippen molar-refractivity contribution in [3.05, 3.63) is 65.7 Å². The lowest BCUT2D eigenvalue weighted by molar-refractivity contribution is 0.221. The van der Waals surface area contributed by atoms with Crippen molar-refractivity contribution in [3.63, 3.8) is 0 Å². The fourth-order valence-electron chi connectivity index (χ4n) is 3.70. The van der Waals surface area contributed by atoms with Gasteiger partial charge in [0.25, 0.3) is 0 Å². The summed E-state index contributed by atoms with van der Waals surface area (Å²) in [5.74, 6) is 1.03. The normalized spacial score (nSPS) is 22.2. The number of halogens is 1. The lowest BCUT2D eigenvalue weighted by Gasteiger charge is -2.34. The van der Waals surface area contributed by atoms with Crippen LogP contribution in [0.1, 0.15) is 43.0 Å². The average Bonchev–Trinajstić information content (AvgIpc) is 2.63. The Hall–Kier alpha value is -1.78. The Kier molecular flexibility index (Phi) is 5.94. The topological polar surface area (TPSA) is 50.9 Å². The minimum atomic E-state index is -0.188. The van der Waals surface area contributed by atoms with E-state index in [9.17, 15) is 4.39 Å². The maximum atomic E-state index is 13.4. The van der Waals surface area contributed by atoms with Crippen molar-refractivity contribution in [3.8, 4) is 0 Å². The van der Waals surface area contributed by atoms with E-state index in [1.807, 2.05) is 24.4 Å². The highest BCUT2D eigenvalue weighted by Crippen LogP contribution is 2.36. The van der Waals surface area contributed by atoms with Gasteiger partial charge in [-0.25, -0.2) is 4.39 Å². The van der Waals surface area contributed by atoms with Crippen LogP contribution in [-0.4, -0.2) is 11.5 Å². The molecule has 3 nitrogen and oxygen atoms in total. The molecule has 1 aromatic carbocycles. The summed E-state index contributed by atoms with van der Waals surface area (Å²) in [7, 11) is 0. The van der Waals surface area contributed by atoms with Crippen molar-refractivity contribution in [2.75, 3.05) is 6.54 Å². The van der Waals surface area contributed by atoms with Crippen molar-refractivity contribution in [1.29, 1.82) is 0 Å². The number of pyridine rings is 1. The van der Waals surface area contributed by atoms with Gasteiger partial charge in [0.15, 0.2) is 0 Å². The van der Waals surface area contributed by atoms with E-state index >= 15 is 0 Å². The molecular weight excluding hydrogens is 301 g/mol. The molecule has 0 radical (unpaired) electrons. The van der Waals surface area contributed by atoms with E-state index in [1.54, 1.807) is 12.1 Å². The van der Waals surface area contributed by atoms with E-state index < -0.39 is 0 Å². The van der Waals surface area contributed by atoms with Crippen LogP contribution in [0.2, 0.25) is 0 Å². The molecule has 0 amide bonds. The van der Waals surface area contributed by atoms with Gasteiger partial charge in [-0.05, 0) is 73.9 Å². The minimum absolute atomic E-state index is 0.188. The van der Waals surface area contributed by atoms with Crippen molar-refractivity contribution >= 4 is 0 Å². The number of hydrogen-bond donors (Lipinski definition) is 2. The SMILES string of the molecule is NCC1CCC([C@@H](NCc2cccc(F)c2)c2ccccn2)CC1. The molecule has 1 aliphatic rings. The number of benzene rings is 1. The Morgan fingerprint density at radius 1 is 1.12 bits per heavy atom. The molecule has 0 spiro atoms. The first-order valence-electron chi connectivity index (χ1n) is 8.85. The summed E-state index contributed by atoms with van der Waals surface area (Å²) in [4.78, 5) is 4.56. The van der Waals surface area contributed by atoms with Crippen LogP contribution in [0, 0.1) is 17.7 Å². The zero-order valence-electron chi connectivity index (χ0n) is 14.0. The predicted molar refractivity (Wildman–Crippen MR) is 94.7 cm³/mol. The van der Waals surface area contributed by atoms with E-state index in [-0.39, 0.29) is 11.9 Å². The van der Waals surface area contributed by atoms with Crippen molar-refractivity contribution in [1.82, 2.24) is 10.3 Å². The van der Waals surface area contributed by atoms with Gasteiger partial charge in [-0.15, -0.1) is 0 Å². The first-order valence-corrected chi connectivity index (χ1v) is 8.85. The quantitative estimate of drug-likeness (QED) is 0.848. The van der Waals surface area contributed by atoms with Crippen molar-refractivity contribution < 1.29 is 4.39 Å². The van der Waals surface area contributed by atoms with E-state index in [1.165, 1.54) is 31.7 Å². The molecule has 1 saturated carbocycles. The van der Waals surface area contributed by atoms with Gasteiger partial charge in [-0.3, -0.25) is 4.98 Å². The Morgan fingerprint density at radius 2 is 1.96 bits per heavy atom. The molecule has 1 fully saturated rings. The maximum absolute atomic E-state index is 13.4. The second-order valence-corrected chi connectivity index (χ2v) is 6.76. The standard InChI is InChI=1S/C20H26FN3/c21-18-5-3-4-16(12-18)14-24-20(19-6-1-2-11-23-19)17-9-7-15(13-22)8-10-17/h1-6,11-12,15,17,20,24H,7-10,13-14,22H2/t15?,17?,20-/m1/s1. The van der Waals surface area contributed by atoms with Crippen LogP contribution >= 0.6 is 0 Å². The van der Waals surface area contributed by atoms with Crippen LogP contribution in [0.4, 0.5) is 4.39 Å². The van der Waals surface area contributed by atoms with E-state index in [4.69, 9.17) is 5.73 Å². The fraction of sp³-hybridized carbons (Fsp3) is 0.450. The van der Waals surface area contributed by atoms with Gasteiger partial charge in [-0.2, -0.15) is 0 Å². The molecule has 0 unspecified atom stereocenters. The lowest BCUT2D eigenvalue weighted by atomic mass is 9.77. The Bertz CT molecular complexity index is 624. The average molecular weight is 327 g/mol. The highest BCUT2D eigenvalue weighted by Gasteiger charge is 2.28. The second kappa shape index (κ2) is 8.36. The summed E-state index contributed by atoms with van der Waals surface area (Å²) in [6.07, 6.45) is 6.55. The summed E-state index contributed by atoms with van der Waals surface area (Å²) in [5.41, 5.74) is 7.86. The van der Waals surface area contributed by atoms with Crippen molar-refractivity contribution in [2.45, 2.75) is 38.3 Å². The largest absolute Gasteiger partial charge is 0.330 e. The van der Waals surface area contributed by atoms with Gasteiger partial charge in [0.1, 0.15) is 5.82 Å². The van der Waals surface area contributed by atoms with Gasteiger partial charge in [0.05, 0.1) is 11.7 Å². The van der Waals surface area contributed by atoms with Gasteiger partial charge in [0, 0.05) is 12.7 Å². The van der Waals surface area contributed by atoms with Crippen LogP contribution in [0.25, 0.3) is 0 Å². The highest BCUT2D eigenvalue weighted by molar-refractivity contribution is 5.17. The van der Waals surface area contributed by atoms with E-state index in [0.717, 1.165) is 17.8 Å². The highest BCUT2D eigenvalue weighted by atomic mass is 19.1. The molecule has 0 aliphatic heterocycles. The number of hydrogen-bond acceptors (Lipinski definition) is 3. The van der Waals surface area contributed by atoms with Crippen LogP contribution < -0.4 is 11.1 Å². The van der Waals surface area contributed by atoms with Crippen LogP contribution in [0.3, 0.4) is 0 Å². The molecule has 1 atom stereocenters. The summed E-state index contributed by atoms with van der Waals surface area (Å²) in [6, 6.07) is 13.0. The molecule has 1 aliphatic carbocycles. The third-order valence-electron chi connectivity index (χ3n) is 5.12. The summed E-state index contributed by atoms with van der Waals surface area (Å²) in [5, 5.41) is 3.62. The smallest absolute Gasteiger partial charge is 0.123 e. The van der Waals surface area contributed by atoms with Gasteiger partial charge >= 0.3 is 0 Å². The Morgan fingerprint density at radius 3 is 2.62 bits per heavy atom. The fourth-order valence-corrected chi connectivity index (χ4v) is 3.70. The zero-order valence-corrected chi connectivity index (χ0v) is 14.0. The van der Waals surface area contributed by atoms with Gasteiger partial charge < -0.3 is 11.1 Å². The van der Waals surface area contributed by atoms with Gasteiger partial charge in [-0.1, -0.05) is 18.2 Å². The molecule has 3 rings (SSSR count). The minimum Gasteiger partial charge on any atom is -0.330 e.